The molecule has 1 aromatic carbocycles. The summed E-state index contributed by atoms with van der Waals surface area (Å²) < 4.78 is 1.29. The number of benzene rings is 1. The molecule has 0 aliphatic carbocycles. The van der Waals surface area contributed by atoms with Crippen LogP contribution in [0.1, 0.15) is 34.1 Å². The third-order valence-electron chi connectivity index (χ3n) is 4.48. The molecule has 1 aliphatic heterocycles. The molecular weight excluding hydrogens is 378 g/mol. The van der Waals surface area contributed by atoms with Gasteiger partial charge in [0.25, 0.3) is 0 Å². The Hall–Kier alpha value is -2.02. The highest BCUT2D eigenvalue weighted by Crippen LogP contribution is 2.32. The molecule has 6 heteroatoms. The lowest BCUT2D eigenvalue weighted by Crippen LogP contribution is -2.44. The average molecular weight is 414 g/mol. The lowest BCUT2D eigenvalue weighted by molar-refractivity contribution is 0.240. The fraction of sp³-hybridized carbons (Fsp3) is 0.478. The van der Waals surface area contributed by atoms with Crippen LogP contribution in [0, 0.1) is 0 Å². The van der Waals surface area contributed by atoms with Crippen molar-refractivity contribution in [3.63, 3.8) is 0 Å². The first-order chi connectivity index (χ1) is 14.4. The van der Waals surface area contributed by atoms with Crippen LogP contribution in [0.15, 0.2) is 42.6 Å². The summed E-state index contributed by atoms with van der Waals surface area (Å²) in [5.41, 5.74) is 0.987. The van der Waals surface area contributed by atoms with Gasteiger partial charge >= 0.3 is 0 Å². The summed E-state index contributed by atoms with van der Waals surface area (Å²) in [5.74, 6) is 0.718. The van der Waals surface area contributed by atoms with E-state index < -0.39 is 0 Å². The maximum Gasteiger partial charge on any atom is 0.223 e. The second-order valence-electron chi connectivity index (χ2n) is 6.29. The first-order valence-corrected chi connectivity index (χ1v) is 11.7. The number of fused-ring (bicyclic) bond motifs is 1. The molecule has 3 heterocycles. The lowest BCUT2D eigenvalue weighted by atomic mass is 10.2. The minimum absolute atomic E-state index is 0.718. The molecule has 5 nitrogen and oxygen atoms in total. The van der Waals surface area contributed by atoms with Crippen molar-refractivity contribution in [3.05, 3.63) is 42.6 Å². The van der Waals surface area contributed by atoms with Gasteiger partial charge in [0.2, 0.25) is 5.95 Å². The number of piperazine rings is 1. The number of rotatable bonds is 6. The second kappa shape index (κ2) is 13.2. The summed E-state index contributed by atoms with van der Waals surface area (Å²) in [4.78, 5) is 12.7. The Bertz CT molecular complexity index is 794. The Morgan fingerprint density at radius 1 is 1.07 bits per heavy atom. The number of nitrogens with zero attached hydrogens (tertiary/aromatic N) is 3. The number of thiophene rings is 1. The van der Waals surface area contributed by atoms with Crippen molar-refractivity contribution in [1.29, 1.82) is 0 Å². The third-order valence-corrected chi connectivity index (χ3v) is 5.62. The zero-order chi connectivity index (χ0) is 20.9. The van der Waals surface area contributed by atoms with E-state index in [9.17, 15) is 0 Å². The highest BCUT2D eigenvalue weighted by Gasteiger charge is 2.09. The summed E-state index contributed by atoms with van der Waals surface area (Å²) in [6.07, 6.45) is 2.95. The van der Waals surface area contributed by atoms with Crippen LogP contribution in [0.4, 0.5) is 5.95 Å². The smallest absolute Gasteiger partial charge is 0.223 e. The lowest BCUT2D eigenvalue weighted by Gasteiger charge is -2.27. The van der Waals surface area contributed by atoms with E-state index >= 15 is 0 Å². The predicted octanol–water partition coefficient (Wildman–Crippen LogP) is 5.12. The van der Waals surface area contributed by atoms with Crippen molar-refractivity contribution >= 4 is 27.4 Å². The Kier molecular flexibility index (Phi) is 10.6. The molecule has 0 bridgehead atoms. The van der Waals surface area contributed by atoms with Crippen molar-refractivity contribution < 1.29 is 0 Å². The molecule has 1 aliphatic rings. The van der Waals surface area contributed by atoms with E-state index in [1.165, 1.54) is 15.0 Å². The molecule has 158 valence electrons. The Balaban J connectivity index is 0.000000707. The van der Waals surface area contributed by atoms with E-state index in [1.54, 1.807) is 11.3 Å². The zero-order valence-electron chi connectivity index (χ0n) is 18.2. The van der Waals surface area contributed by atoms with Gasteiger partial charge in [0, 0.05) is 43.6 Å². The number of nitrogens with one attached hydrogen (secondary N) is 2. The van der Waals surface area contributed by atoms with E-state index in [1.807, 2.05) is 40.0 Å². The second-order valence-corrected chi connectivity index (χ2v) is 7.37. The summed E-state index contributed by atoms with van der Waals surface area (Å²) in [6, 6.07) is 12.6. The Morgan fingerprint density at radius 2 is 1.83 bits per heavy atom. The Labute approximate surface area is 179 Å². The minimum atomic E-state index is 0.718. The summed E-state index contributed by atoms with van der Waals surface area (Å²) in [5, 5.41) is 8.02. The summed E-state index contributed by atoms with van der Waals surface area (Å²) >= 11 is 1.78. The molecule has 0 radical (unpaired) electrons. The van der Waals surface area contributed by atoms with Gasteiger partial charge in [-0.25, -0.2) is 9.97 Å². The van der Waals surface area contributed by atoms with Crippen LogP contribution in [0.2, 0.25) is 0 Å². The SMILES string of the molecule is CC.CC.c1ccc2sc(-c3ccnc(NCCCN4CCNCC4)n3)cc2c1. The molecule has 3 aromatic rings. The molecule has 29 heavy (non-hydrogen) atoms. The number of hydrogen-bond donors (Lipinski definition) is 2. The van der Waals surface area contributed by atoms with Gasteiger partial charge < -0.3 is 15.5 Å². The highest BCUT2D eigenvalue weighted by atomic mass is 32.1. The van der Waals surface area contributed by atoms with Crippen LogP contribution in [-0.2, 0) is 0 Å². The van der Waals surface area contributed by atoms with Gasteiger partial charge in [0.05, 0.1) is 10.6 Å². The van der Waals surface area contributed by atoms with E-state index in [4.69, 9.17) is 0 Å². The number of hydrogen-bond acceptors (Lipinski definition) is 6. The van der Waals surface area contributed by atoms with Gasteiger partial charge in [-0.1, -0.05) is 45.9 Å². The van der Waals surface area contributed by atoms with E-state index in [-0.39, 0.29) is 0 Å². The van der Waals surface area contributed by atoms with Gasteiger partial charge in [-0.3, -0.25) is 0 Å². The zero-order valence-corrected chi connectivity index (χ0v) is 19.1. The fourth-order valence-electron chi connectivity index (χ4n) is 3.13. The molecule has 1 fully saturated rings. The maximum absolute atomic E-state index is 4.69. The van der Waals surface area contributed by atoms with E-state index in [0.717, 1.165) is 57.3 Å². The molecule has 0 atom stereocenters. The van der Waals surface area contributed by atoms with Crippen LogP contribution < -0.4 is 10.6 Å². The van der Waals surface area contributed by atoms with E-state index in [2.05, 4.69) is 55.8 Å². The molecule has 0 saturated carbocycles. The highest BCUT2D eigenvalue weighted by molar-refractivity contribution is 7.22. The van der Waals surface area contributed by atoms with Crippen LogP contribution >= 0.6 is 11.3 Å². The van der Waals surface area contributed by atoms with Crippen molar-refractivity contribution in [2.24, 2.45) is 0 Å². The van der Waals surface area contributed by atoms with Crippen molar-refractivity contribution in [3.8, 4) is 10.6 Å². The summed E-state index contributed by atoms with van der Waals surface area (Å²) in [6.45, 7) is 14.5. The fourth-order valence-corrected chi connectivity index (χ4v) is 4.16. The molecule has 2 aromatic heterocycles. The summed E-state index contributed by atoms with van der Waals surface area (Å²) in [7, 11) is 0. The predicted molar refractivity (Wildman–Crippen MR) is 128 cm³/mol. The van der Waals surface area contributed by atoms with E-state index in [0.29, 0.717) is 0 Å². The van der Waals surface area contributed by atoms with Gasteiger partial charge in [-0.2, -0.15) is 0 Å². The number of aromatic nitrogens is 2. The normalized spacial score (nSPS) is 13.8. The third kappa shape index (κ3) is 7.07. The number of anilines is 1. The first kappa shape index (κ1) is 23.3. The van der Waals surface area contributed by atoms with Crippen molar-refractivity contribution in [2.45, 2.75) is 34.1 Å². The standard InChI is InChI=1S/C19H23N5S.2C2H6/c1-2-5-17-15(4-1)14-18(25-17)16-6-8-22-19(23-16)21-7-3-11-24-12-9-20-10-13-24;2*1-2/h1-2,4-6,8,14,20H,3,7,9-13H2,(H,21,22,23);2*1-2H3. The molecule has 2 N–H and O–H groups in total. The molecule has 4 rings (SSSR count). The molecule has 0 amide bonds. The molecule has 1 saturated heterocycles. The average Bonchev–Trinajstić information content (AvgIpc) is 3.25. The van der Waals surface area contributed by atoms with Crippen LogP contribution in [0.5, 0.6) is 0 Å². The molecule has 0 unspecified atom stereocenters. The van der Waals surface area contributed by atoms with Crippen LogP contribution in [0.3, 0.4) is 0 Å². The van der Waals surface area contributed by atoms with Crippen LogP contribution in [-0.4, -0.2) is 54.1 Å². The minimum Gasteiger partial charge on any atom is -0.354 e. The van der Waals surface area contributed by atoms with Gasteiger partial charge in [0.15, 0.2) is 0 Å². The monoisotopic (exact) mass is 413 g/mol. The quantitative estimate of drug-likeness (QED) is 0.550. The first-order valence-electron chi connectivity index (χ1n) is 10.9. The molecular formula is C23H35N5S. The van der Waals surface area contributed by atoms with Gasteiger partial charge in [-0.15, -0.1) is 11.3 Å². The Morgan fingerprint density at radius 3 is 2.59 bits per heavy atom. The topological polar surface area (TPSA) is 53.1 Å². The van der Waals surface area contributed by atoms with Crippen molar-refractivity contribution in [2.75, 3.05) is 44.6 Å². The van der Waals surface area contributed by atoms with Crippen molar-refractivity contribution in [1.82, 2.24) is 20.2 Å². The van der Waals surface area contributed by atoms with Gasteiger partial charge in [0.1, 0.15) is 0 Å². The van der Waals surface area contributed by atoms with Gasteiger partial charge in [-0.05, 0) is 36.6 Å². The van der Waals surface area contributed by atoms with Crippen LogP contribution in [0.25, 0.3) is 20.7 Å². The molecule has 0 spiro atoms. The largest absolute Gasteiger partial charge is 0.354 e. The maximum atomic E-state index is 4.69.